The van der Waals surface area contributed by atoms with Crippen LogP contribution in [0.2, 0.25) is 0 Å². The Labute approximate surface area is 161 Å². The molecular weight excluding hydrogens is 370 g/mol. The van der Waals surface area contributed by atoms with Gasteiger partial charge in [-0.25, -0.2) is 18.0 Å². The fourth-order valence-corrected chi connectivity index (χ4v) is 3.63. The van der Waals surface area contributed by atoms with E-state index < -0.39 is 34.2 Å². The SMILES string of the molecule is CCN(CC)S(=O)(=O)c1ccc(/C=C/C(=O)OCC(=O)OC(C)(C)C)cc1. The Morgan fingerprint density at radius 1 is 1.07 bits per heavy atom. The minimum atomic E-state index is -3.52. The quantitative estimate of drug-likeness (QED) is 0.495. The summed E-state index contributed by atoms with van der Waals surface area (Å²) in [7, 11) is -3.52. The highest BCUT2D eigenvalue weighted by molar-refractivity contribution is 7.89. The second-order valence-corrected chi connectivity index (χ2v) is 8.62. The van der Waals surface area contributed by atoms with Gasteiger partial charge < -0.3 is 9.47 Å². The van der Waals surface area contributed by atoms with Crippen LogP contribution in [0.25, 0.3) is 6.08 Å². The Morgan fingerprint density at radius 3 is 2.11 bits per heavy atom. The molecule has 0 aliphatic rings. The van der Waals surface area contributed by atoms with Gasteiger partial charge in [0.25, 0.3) is 0 Å². The molecule has 0 aliphatic carbocycles. The molecule has 150 valence electrons. The van der Waals surface area contributed by atoms with Crippen LogP contribution in [-0.2, 0) is 29.1 Å². The van der Waals surface area contributed by atoms with Crippen LogP contribution in [-0.4, -0.2) is 50.0 Å². The van der Waals surface area contributed by atoms with E-state index in [1.165, 1.54) is 22.5 Å². The third-order valence-electron chi connectivity index (χ3n) is 3.39. The molecule has 0 saturated heterocycles. The maximum absolute atomic E-state index is 12.4. The molecule has 8 heteroatoms. The van der Waals surface area contributed by atoms with Crippen LogP contribution in [0.3, 0.4) is 0 Å². The molecule has 0 atom stereocenters. The summed E-state index contributed by atoms with van der Waals surface area (Å²) in [6.45, 7) is 9.03. The van der Waals surface area contributed by atoms with Crippen molar-refractivity contribution in [3.05, 3.63) is 35.9 Å². The molecule has 27 heavy (non-hydrogen) atoms. The van der Waals surface area contributed by atoms with E-state index in [4.69, 9.17) is 9.47 Å². The lowest BCUT2D eigenvalue weighted by molar-refractivity contribution is -0.164. The standard InChI is InChI=1S/C19H27NO6S/c1-6-20(7-2)27(23,24)16-11-8-15(9-12-16)10-13-17(21)25-14-18(22)26-19(3,4)5/h8-13H,6-7,14H2,1-5H3/b13-10+. The lowest BCUT2D eigenvalue weighted by Crippen LogP contribution is -2.30. The molecule has 0 heterocycles. The van der Waals surface area contributed by atoms with Crippen LogP contribution in [0.5, 0.6) is 0 Å². The van der Waals surface area contributed by atoms with Gasteiger partial charge in [0.15, 0.2) is 6.61 Å². The Balaban J connectivity index is 2.67. The van der Waals surface area contributed by atoms with Crippen molar-refractivity contribution < 1.29 is 27.5 Å². The monoisotopic (exact) mass is 397 g/mol. The summed E-state index contributed by atoms with van der Waals surface area (Å²) in [6, 6.07) is 6.15. The smallest absolute Gasteiger partial charge is 0.344 e. The summed E-state index contributed by atoms with van der Waals surface area (Å²) in [5.74, 6) is -1.32. The summed E-state index contributed by atoms with van der Waals surface area (Å²) in [5, 5.41) is 0. The number of ether oxygens (including phenoxy) is 2. The van der Waals surface area contributed by atoms with Gasteiger partial charge in [-0.05, 0) is 44.5 Å². The molecule has 1 aromatic carbocycles. The van der Waals surface area contributed by atoms with Gasteiger partial charge >= 0.3 is 11.9 Å². The average Bonchev–Trinajstić information content (AvgIpc) is 2.58. The molecule has 0 bridgehead atoms. The zero-order valence-electron chi connectivity index (χ0n) is 16.4. The van der Waals surface area contributed by atoms with E-state index in [0.717, 1.165) is 6.08 Å². The van der Waals surface area contributed by atoms with Crippen molar-refractivity contribution in [1.82, 2.24) is 4.31 Å². The van der Waals surface area contributed by atoms with Gasteiger partial charge in [0.05, 0.1) is 4.90 Å². The van der Waals surface area contributed by atoms with Gasteiger partial charge in [0.1, 0.15) is 5.60 Å². The minimum absolute atomic E-state index is 0.191. The zero-order chi connectivity index (χ0) is 20.7. The summed E-state index contributed by atoms with van der Waals surface area (Å²) in [4.78, 5) is 23.3. The molecular formula is C19H27NO6S. The predicted molar refractivity (Wildman–Crippen MR) is 102 cm³/mol. The largest absolute Gasteiger partial charge is 0.457 e. The Bertz CT molecular complexity index is 771. The first-order chi connectivity index (χ1) is 12.5. The van der Waals surface area contributed by atoms with Crippen molar-refractivity contribution in [2.24, 2.45) is 0 Å². The molecule has 0 spiro atoms. The molecule has 0 aromatic heterocycles. The minimum Gasteiger partial charge on any atom is -0.457 e. The molecule has 0 radical (unpaired) electrons. The lowest BCUT2D eigenvalue weighted by atomic mass is 10.2. The summed E-state index contributed by atoms with van der Waals surface area (Å²) >= 11 is 0. The lowest BCUT2D eigenvalue weighted by Gasteiger charge is -2.19. The van der Waals surface area contributed by atoms with E-state index in [0.29, 0.717) is 18.7 Å². The second kappa shape index (κ2) is 9.66. The van der Waals surface area contributed by atoms with Crippen molar-refractivity contribution >= 4 is 28.0 Å². The maximum atomic E-state index is 12.4. The number of hydrogen-bond donors (Lipinski definition) is 0. The average molecular weight is 397 g/mol. The number of hydrogen-bond acceptors (Lipinski definition) is 6. The van der Waals surface area contributed by atoms with E-state index in [2.05, 4.69) is 0 Å². The van der Waals surface area contributed by atoms with E-state index >= 15 is 0 Å². The number of sulfonamides is 1. The van der Waals surface area contributed by atoms with E-state index in [9.17, 15) is 18.0 Å². The summed E-state index contributed by atoms with van der Waals surface area (Å²) < 4.78 is 36.0. The molecule has 0 unspecified atom stereocenters. The van der Waals surface area contributed by atoms with Gasteiger partial charge in [-0.2, -0.15) is 4.31 Å². The number of rotatable bonds is 8. The third kappa shape index (κ3) is 7.52. The van der Waals surface area contributed by atoms with Gasteiger partial charge in [-0.1, -0.05) is 26.0 Å². The van der Waals surface area contributed by atoms with E-state index in [-0.39, 0.29) is 4.90 Å². The molecule has 0 fully saturated rings. The molecule has 0 aliphatic heterocycles. The Kier molecular flexibility index (Phi) is 8.18. The van der Waals surface area contributed by atoms with Crippen LogP contribution in [0.4, 0.5) is 0 Å². The maximum Gasteiger partial charge on any atom is 0.344 e. The van der Waals surface area contributed by atoms with Gasteiger partial charge in [-0.3, -0.25) is 0 Å². The Morgan fingerprint density at radius 2 is 1.63 bits per heavy atom. The van der Waals surface area contributed by atoms with Crippen LogP contribution in [0, 0.1) is 0 Å². The van der Waals surface area contributed by atoms with Crippen molar-refractivity contribution in [3.8, 4) is 0 Å². The zero-order valence-corrected chi connectivity index (χ0v) is 17.2. The highest BCUT2D eigenvalue weighted by Crippen LogP contribution is 2.16. The number of nitrogens with zero attached hydrogens (tertiary/aromatic N) is 1. The second-order valence-electron chi connectivity index (χ2n) is 6.69. The van der Waals surface area contributed by atoms with Crippen molar-refractivity contribution in [1.29, 1.82) is 0 Å². The normalized spacial score (nSPS) is 12.4. The summed E-state index contributed by atoms with van der Waals surface area (Å²) in [6.07, 6.45) is 2.64. The van der Waals surface area contributed by atoms with Gasteiger partial charge in [-0.15, -0.1) is 0 Å². The number of esters is 2. The van der Waals surface area contributed by atoms with Gasteiger partial charge in [0.2, 0.25) is 10.0 Å². The van der Waals surface area contributed by atoms with Crippen molar-refractivity contribution in [3.63, 3.8) is 0 Å². The topological polar surface area (TPSA) is 90.0 Å². The Hall–Kier alpha value is -2.19. The van der Waals surface area contributed by atoms with Gasteiger partial charge in [0, 0.05) is 19.2 Å². The number of carbonyl (C=O) groups is 2. The fourth-order valence-electron chi connectivity index (χ4n) is 2.18. The molecule has 1 aromatic rings. The summed E-state index contributed by atoms with van der Waals surface area (Å²) in [5.41, 5.74) is -0.0188. The van der Waals surface area contributed by atoms with E-state index in [1.807, 2.05) is 0 Å². The van der Waals surface area contributed by atoms with E-state index in [1.54, 1.807) is 46.8 Å². The molecule has 0 saturated carbocycles. The number of benzene rings is 1. The first-order valence-corrected chi connectivity index (χ1v) is 10.1. The molecule has 0 amide bonds. The predicted octanol–water partition coefficient (Wildman–Crippen LogP) is 2.62. The number of carbonyl (C=O) groups excluding carboxylic acids is 2. The fraction of sp³-hybridized carbons (Fsp3) is 0.474. The highest BCUT2D eigenvalue weighted by Gasteiger charge is 2.21. The van der Waals surface area contributed by atoms with Crippen LogP contribution in [0.1, 0.15) is 40.2 Å². The highest BCUT2D eigenvalue weighted by atomic mass is 32.2. The third-order valence-corrected chi connectivity index (χ3v) is 5.45. The van der Waals surface area contributed by atoms with Crippen molar-refractivity contribution in [2.45, 2.75) is 45.1 Å². The molecule has 0 N–H and O–H groups in total. The van der Waals surface area contributed by atoms with Crippen LogP contribution < -0.4 is 0 Å². The van der Waals surface area contributed by atoms with Crippen LogP contribution >= 0.6 is 0 Å². The first kappa shape index (κ1) is 22.9. The first-order valence-electron chi connectivity index (χ1n) is 8.66. The van der Waals surface area contributed by atoms with Crippen molar-refractivity contribution in [2.75, 3.05) is 19.7 Å². The molecule has 1 rings (SSSR count). The molecule has 7 nitrogen and oxygen atoms in total. The van der Waals surface area contributed by atoms with Crippen LogP contribution in [0.15, 0.2) is 35.2 Å².